The molecule has 106 valence electrons. The Labute approximate surface area is 113 Å². The smallest absolute Gasteiger partial charge is 0.243 e. The molecule has 0 aromatic heterocycles. The van der Waals surface area contributed by atoms with Crippen molar-refractivity contribution in [1.29, 1.82) is 0 Å². The van der Waals surface area contributed by atoms with Gasteiger partial charge in [-0.2, -0.15) is 4.31 Å². The Kier molecular flexibility index (Phi) is 3.94. The molecule has 1 aliphatic heterocycles. The van der Waals surface area contributed by atoms with Crippen LogP contribution in [0.3, 0.4) is 0 Å². The molecule has 2 N–H and O–H groups in total. The van der Waals surface area contributed by atoms with E-state index < -0.39 is 15.8 Å². The molecule has 0 radical (unpaired) electrons. The lowest BCUT2D eigenvalue weighted by atomic mass is 10.0. The van der Waals surface area contributed by atoms with Gasteiger partial charge in [-0.25, -0.2) is 12.8 Å². The summed E-state index contributed by atoms with van der Waals surface area (Å²) in [5, 5.41) is 0. The summed E-state index contributed by atoms with van der Waals surface area (Å²) in [6.45, 7) is 5.09. The summed E-state index contributed by atoms with van der Waals surface area (Å²) in [6.07, 6.45) is 0. The van der Waals surface area contributed by atoms with Gasteiger partial charge in [-0.15, -0.1) is 0 Å². The molecule has 6 heteroatoms. The van der Waals surface area contributed by atoms with Crippen LogP contribution in [0.1, 0.15) is 19.4 Å². The minimum Gasteiger partial charge on any atom is -0.326 e. The molecule has 1 heterocycles. The van der Waals surface area contributed by atoms with E-state index in [1.54, 1.807) is 0 Å². The summed E-state index contributed by atoms with van der Waals surface area (Å²) in [6, 6.07) is 3.80. The van der Waals surface area contributed by atoms with Gasteiger partial charge in [-0.3, -0.25) is 0 Å². The number of halogens is 1. The zero-order chi connectivity index (χ0) is 14.2. The molecule has 2 atom stereocenters. The van der Waals surface area contributed by atoms with Crippen molar-refractivity contribution in [3.05, 3.63) is 29.6 Å². The lowest BCUT2D eigenvalue weighted by Crippen LogP contribution is -2.29. The van der Waals surface area contributed by atoms with Gasteiger partial charge in [0.15, 0.2) is 0 Å². The van der Waals surface area contributed by atoms with Gasteiger partial charge in [0.05, 0.1) is 4.90 Å². The maximum Gasteiger partial charge on any atom is 0.243 e. The van der Waals surface area contributed by atoms with Crippen LogP contribution in [0.15, 0.2) is 23.1 Å². The molecular formula is C13H19FN2O2S. The second-order valence-corrected chi connectivity index (χ2v) is 7.17. The third kappa shape index (κ3) is 2.66. The Morgan fingerprint density at radius 3 is 2.42 bits per heavy atom. The number of nitrogens with zero attached hydrogens (tertiary/aromatic N) is 1. The van der Waals surface area contributed by atoms with Gasteiger partial charge in [0, 0.05) is 25.2 Å². The van der Waals surface area contributed by atoms with Crippen molar-refractivity contribution in [2.45, 2.75) is 25.3 Å². The van der Waals surface area contributed by atoms with Crippen molar-refractivity contribution in [2.75, 3.05) is 13.1 Å². The molecule has 2 rings (SSSR count). The first-order valence-corrected chi connectivity index (χ1v) is 7.79. The second-order valence-electron chi connectivity index (χ2n) is 5.23. The van der Waals surface area contributed by atoms with Crippen LogP contribution >= 0.6 is 0 Å². The third-order valence-electron chi connectivity index (χ3n) is 3.83. The standard InChI is InChI=1S/C13H19FN2O2S/c1-9-7-16(8-10(9)2)19(17,18)12-3-4-13(14)11(5-12)6-15/h3-5,9-10H,6-8,15H2,1-2H3. The van der Waals surface area contributed by atoms with Crippen LogP contribution in [-0.2, 0) is 16.6 Å². The van der Waals surface area contributed by atoms with Crippen LogP contribution < -0.4 is 5.73 Å². The van der Waals surface area contributed by atoms with Crippen LogP contribution in [0.25, 0.3) is 0 Å². The van der Waals surface area contributed by atoms with Crippen LogP contribution in [0.2, 0.25) is 0 Å². The minimum absolute atomic E-state index is 0.0119. The molecule has 19 heavy (non-hydrogen) atoms. The summed E-state index contributed by atoms with van der Waals surface area (Å²) in [7, 11) is -3.54. The van der Waals surface area contributed by atoms with E-state index in [1.807, 2.05) is 13.8 Å². The number of hydrogen-bond donors (Lipinski definition) is 1. The number of nitrogens with two attached hydrogens (primary N) is 1. The highest BCUT2D eigenvalue weighted by Gasteiger charge is 2.35. The fourth-order valence-corrected chi connectivity index (χ4v) is 3.98. The molecule has 1 aromatic rings. The average Bonchev–Trinajstić information content (AvgIpc) is 2.70. The van der Waals surface area contributed by atoms with E-state index >= 15 is 0 Å². The largest absolute Gasteiger partial charge is 0.326 e. The third-order valence-corrected chi connectivity index (χ3v) is 5.66. The summed E-state index contributed by atoms with van der Waals surface area (Å²) in [4.78, 5) is 0.121. The fourth-order valence-electron chi connectivity index (χ4n) is 2.29. The van der Waals surface area contributed by atoms with Crippen LogP contribution in [0.5, 0.6) is 0 Å². The highest BCUT2D eigenvalue weighted by atomic mass is 32.2. The fraction of sp³-hybridized carbons (Fsp3) is 0.538. The van der Waals surface area contributed by atoms with Crippen LogP contribution in [0, 0.1) is 17.7 Å². The van der Waals surface area contributed by atoms with Gasteiger partial charge in [0.25, 0.3) is 0 Å². The molecule has 0 saturated carbocycles. The zero-order valence-electron chi connectivity index (χ0n) is 11.1. The van der Waals surface area contributed by atoms with Crippen molar-refractivity contribution in [1.82, 2.24) is 4.31 Å². The van der Waals surface area contributed by atoms with E-state index in [0.717, 1.165) is 6.07 Å². The molecule has 0 aliphatic carbocycles. The summed E-state index contributed by atoms with van der Waals surface area (Å²) in [5.41, 5.74) is 5.64. The number of benzene rings is 1. The maximum absolute atomic E-state index is 13.4. The minimum atomic E-state index is -3.54. The first kappa shape index (κ1) is 14.4. The normalized spacial score (nSPS) is 24.8. The van der Waals surface area contributed by atoms with Gasteiger partial charge < -0.3 is 5.73 Å². The van der Waals surface area contributed by atoms with E-state index in [2.05, 4.69) is 0 Å². The van der Waals surface area contributed by atoms with E-state index in [-0.39, 0.29) is 17.0 Å². The Morgan fingerprint density at radius 2 is 1.89 bits per heavy atom. The van der Waals surface area contributed by atoms with Crippen LogP contribution in [-0.4, -0.2) is 25.8 Å². The Hall–Kier alpha value is -0.980. The topological polar surface area (TPSA) is 63.4 Å². The van der Waals surface area contributed by atoms with Crippen molar-refractivity contribution in [3.8, 4) is 0 Å². The number of hydrogen-bond acceptors (Lipinski definition) is 3. The van der Waals surface area contributed by atoms with Gasteiger partial charge >= 0.3 is 0 Å². The molecule has 0 bridgehead atoms. The predicted molar refractivity (Wildman–Crippen MR) is 71.4 cm³/mol. The quantitative estimate of drug-likeness (QED) is 0.917. The van der Waals surface area contributed by atoms with E-state index in [9.17, 15) is 12.8 Å². The Bertz CT molecular complexity index is 564. The van der Waals surface area contributed by atoms with Crippen molar-refractivity contribution in [3.63, 3.8) is 0 Å². The van der Waals surface area contributed by atoms with E-state index in [1.165, 1.54) is 16.4 Å². The first-order valence-electron chi connectivity index (χ1n) is 6.35. The monoisotopic (exact) mass is 286 g/mol. The molecule has 1 fully saturated rings. The van der Waals surface area contributed by atoms with Crippen molar-refractivity contribution >= 4 is 10.0 Å². The Morgan fingerprint density at radius 1 is 1.32 bits per heavy atom. The summed E-state index contributed by atoms with van der Waals surface area (Å²) >= 11 is 0. The highest BCUT2D eigenvalue weighted by molar-refractivity contribution is 7.89. The summed E-state index contributed by atoms with van der Waals surface area (Å²) in [5.74, 6) is 0.206. The van der Waals surface area contributed by atoms with Crippen molar-refractivity contribution in [2.24, 2.45) is 17.6 Å². The lowest BCUT2D eigenvalue weighted by Gasteiger charge is -2.16. The van der Waals surface area contributed by atoms with Crippen LogP contribution in [0.4, 0.5) is 4.39 Å². The van der Waals surface area contributed by atoms with Gasteiger partial charge in [-0.1, -0.05) is 13.8 Å². The molecule has 1 saturated heterocycles. The first-order chi connectivity index (χ1) is 8.86. The van der Waals surface area contributed by atoms with Crippen molar-refractivity contribution < 1.29 is 12.8 Å². The predicted octanol–water partition coefficient (Wildman–Crippen LogP) is 1.56. The molecule has 1 aromatic carbocycles. The zero-order valence-corrected chi connectivity index (χ0v) is 12.0. The number of sulfonamides is 1. The number of rotatable bonds is 3. The average molecular weight is 286 g/mol. The molecule has 0 spiro atoms. The SMILES string of the molecule is CC1CN(S(=O)(=O)c2ccc(F)c(CN)c2)CC1C. The molecule has 2 unspecified atom stereocenters. The second kappa shape index (κ2) is 5.19. The molecular weight excluding hydrogens is 267 g/mol. The van der Waals surface area contributed by atoms with Gasteiger partial charge in [0.2, 0.25) is 10.0 Å². The summed E-state index contributed by atoms with van der Waals surface area (Å²) < 4.78 is 39.8. The lowest BCUT2D eigenvalue weighted by molar-refractivity contribution is 0.463. The highest BCUT2D eigenvalue weighted by Crippen LogP contribution is 2.28. The van der Waals surface area contributed by atoms with E-state index in [4.69, 9.17) is 5.73 Å². The van der Waals surface area contributed by atoms with Gasteiger partial charge in [0.1, 0.15) is 5.82 Å². The molecule has 1 aliphatic rings. The Balaban J connectivity index is 2.35. The molecule has 0 amide bonds. The van der Waals surface area contributed by atoms with E-state index in [0.29, 0.717) is 24.9 Å². The maximum atomic E-state index is 13.4. The van der Waals surface area contributed by atoms with Gasteiger partial charge in [-0.05, 0) is 30.0 Å². The molecule has 4 nitrogen and oxygen atoms in total.